The van der Waals surface area contributed by atoms with Gasteiger partial charge in [0, 0.05) is 12.5 Å². The Labute approximate surface area is 171 Å². The van der Waals surface area contributed by atoms with Crippen molar-refractivity contribution in [3.63, 3.8) is 0 Å². The maximum atomic E-state index is 13.3. The Morgan fingerprint density at radius 3 is 2.21 bits per heavy atom. The molecule has 4 aromatic rings. The third kappa shape index (κ3) is 4.06. The SMILES string of the molecule is CC(C)NC(=O)C(c1ccccc1)n1c(Cc2ccccc2)nc2ccccc21. The maximum absolute atomic E-state index is 13.3. The number of carbonyl (C=O) groups is 1. The van der Waals surface area contributed by atoms with E-state index in [9.17, 15) is 4.79 Å². The number of amides is 1. The fourth-order valence-corrected chi connectivity index (χ4v) is 3.70. The van der Waals surface area contributed by atoms with Gasteiger partial charge in [-0.3, -0.25) is 4.79 Å². The lowest BCUT2D eigenvalue weighted by Crippen LogP contribution is -2.38. The Hall–Kier alpha value is -3.40. The second-order valence-corrected chi connectivity index (χ2v) is 7.53. The number of rotatable bonds is 6. The van der Waals surface area contributed by atoms with Crippen molar-refractivity contribution in [2.45, 2.75) is 32.4 Å². The van der Waals surface area contributed by atoms with Crippen molar-refractivity contribution < 1.29 is 4.79 Å². The van der Waals surface area contributed by atoms with Crippen LogP contribution in [-0.2, 0) is 11.2 Å². The third-order valence-electron chi connectivity index (χ3n) is 4.93. The quantitative estimate of drug-likeness (QED) is 0.523. The van der Waals surface area contributed by atoms with E-state index in [1.54, 1.807) is 0 Å². The summed E-state index contributed by atoms with van der Waals surface area (Å²) < 4.78 is 2.09. The first kappa shape index (κ1) is 18.9. The second-order valence-electron chi connectivity index (χ2n) is 7.53. The number of benzene rings is 3. The zero-order valence-corrected chi connectivity index (χ0v) is 16.7. The first-order chi connectivity index (χ1) is 14.1. The molecule has 0 fully saturated rings. The number of imidazole rings is 1. The van der Waals surface area contributed by atoms with Gasteiger partial charge < -0.3 is 9.88 Å². The Bertz CT molecular complexity index is 1100. The predicted octanol–water partition coefficient (Wildman–Crippen LogP) is 4.74. The molecule has 0 bridgehead atoms. The van der Waals surface area contributed by atoms with Crippen molar-refractivity contribution in [2.75, 3.05) is 0 Å². The van der Waals surface area contributed by atoms with E-state index < -0.39 is 6.04 Å². The molecule has 0 saturated carbocycles. The lowest BCUT2D eigenvalue weighted by molar-refractivity contribution is -0.123. The van der Waals surface area contributed by atoms with Crippen LogP contribution in [0, 0.1) is 0 Å². The number of hydrogen-bond donors (Lipinski definition) is 1. The molecule has 3 aromatic carbocycles. The number of fused-ring (bicyclic) bond motifs is 1. The number of carbonyl (C=O) groups excluding carboxylic acids is 1. The van der Waals surface area contributed by atoms with Crippen LogP contribution in [0.25, 0.3) is 11.0 Å². The van der Waals surface area contributed by atoms with Gasteiger partial charge in [-0.15, -0.1) is 0 Å². The predicted molar refractivity (Wildman–Crippen MR) is 117 cm³/mol. The first-order valence-corrected chi connectivity index (χ1v) is 9.98. The van der Waals surface area contributed by atoms with Crippen LogP contribution in [0.5, 0.6) is 0 Å². The number of para-hydroxylation sites is 2. The van der Waals surface area contributed by atoms with Crippen molar-refractivity contribution in [2.24, 2.45) is 0 Å². The van der Waals surface area contributed by atoms with Gasteiger partial charge in [-0.25, -0.2) is 4.98 Å². The zero-order valence-electron chi connectivity index (χ0n) is 16.7. The van der Waals surface area contributed by atoms with Crippen LogP contribution < -0.4 is 5.32 Å². The van der Waals surface area contributed by atoms with Crippen LogP contribution in [-0.4, -0.2) is 21.5 Å². The van der Waals surface area contributed by atoms with Gasteiger partial charge in [-0.2, -0.15) is 0 Å². The molecule has 0 radical (unpaired) electrons. The smallest absolute Gasteiger partial charge is 0.247 e. The van der Waals surface area contributed by atoms with Crippen molar-refractivity contribution in [1.29, 1.82) is 0 Å². The number of aromatic nitrogens is 2. The summed E-state index contributed by atoms with van der Waals surface area (Å²) in [5, 5.41) is 3.10. The molecule has 0 saturated heterocycles. The highest BCUT2D eigenvalue weighted by molar-refractivity contribution is 5.87. The molecule has 1 heterocycles. The van der Waals surface area contributed by atoms with Crippen molar-refractivity contribution in [1.82, 2.24) is 14.9 Å². The minimum Gasteiger partial charge on any atom is -0.352 e. The van der Waals surface area contributed by atoms with Crippen LogP contribution in [0.15, 0.2) is 84.9 Å². The molecule has 29 heavy (non-hydrogen) atoms. The van der Waals surface area contributed by atoms with Gasteiger partial charge in [0.05, 0.1) is 11.0 Å². The lowest BCUT2D eigenvalue weighted by atomic mass is 10.0. The molecule has 146 valence electrons. The van der Waals surface area contributed by atoms with Gasteiger partial charge in [-0.1, -0.05) is 72.8 Å². The molecule has 1 unspecified atom stereocenters. The summed E-state index contributed by atoms with van der Waals surface area (Å²) in [6.45, 7) is 3.97. The standard InChI is InChI=1S/C25H25N3O/c1-18(2)26-25(29)24(20-13-7-4-8-14-20)28-22-16-10-9-15-21(22)27-23(28)17-19-11-5-3-6-12-19/h3-16,18,24H,17H2,1-2H3,(H,26,29). The van der Waals surface area contributed by atoms with Crippen LogP contribution >= 0.6 is 0 Å². The van der Waals surface area contributed by atoms with E-state index in [1.165, 1.54) is 5.56 Å². The average molecular weight is 383 g/mol. The lowest BCUT2D eigenvalue weighted by Gasteiger charge is -2.23. The van der Waals surface area contributed by atoms with Crippen molar-refractivity contribution in [3.05, 3.63) is 102 Å². The normalized spacial score (nSPS) is 12.2. The highest BCUT2D eigenvalue weighted by Gasteiger charge is 2.27. The summed E-state index contributed by atoms with van der Waals surface area (Å²) >= 11 is 0. The molecule has 0 aliphatic carbocycles. The van der Waals surface area contributed by atoms with E-state index >= 15 is 0 Å². The Morgan fingerprint density at radius 1 is 0.897 bits per heavy atom. The molecule has 1 N–H and O–H groups in total. The summed E-state index contributed by atoms with van der Waals surface area (Å²) in [4.78, 5) is 18.2. The van der Waals surface area contributed by atoms with E-state index in [2.05, 4.69) is 22.0 Å². The second kappa shape index (κ2) is 8.31. The summed E-state index contributed by atoms with van der Waals surface area (Å²) in [6, 6.07) is 27.8. The van der Waals surface area contributed by atoms with Crippen LogP contribution in [0.1, 0.15) is 36.8 Å². The molecular formula is C25H25N3O. The number of nitrogens with one attached hydrogen (secondary N) is 1. The van der Waals surface area contributed by atoms with Crippen LogP contribution in [0.4, 0.5) is 0 Å². The van der Waals surface area contributed by atoms with Gasteiger partial charge in [0.25, 0.3) is 0 Å². The largest absolute Gasteiger partial charge is 0.352 e. The molecule has 1 amide bonds. The molecule has 1 atom stereocenters. The molecule has 4 rings (SSSR count). The van der Waals surface area contributed by atoms with Gasteiger partial charge in [-0.05, 0) is 37.1 Å². The molecule has 4 nitrogen and oxygen atoms in total. The van der Waals surface area contributed by atoms with E-state index in [4.69, 9.17) is 4.98 Å². The zero-order chi connectivity index (χ0) is 20.2. The summed E-state index contributed by atoms with van der Waals surface area (Å²) in [7, 11) is 0. The monoisotopic (exact) mass is 383 g/mol. The highest BCUT2D eigenvalue weighted by Crippen LogP contribution is 2.28. The fraction of sp³-hybridized carbons (Fsp3) is 0.200. The fourth-order valence-electron chi connectivity index (χ4n) is 3.70. The topological polar surface area (TPSA) is 46.9 Å². The molecule has 0 aliphatic rings. The molecule has 4 heteroatoms. The first-order valence-electron chi connectivity index (χ1n) is 9.98. The van der Waals surface area contributed by atoms with Gasteiger partial charge in [0.1, 0.15) is 11.9 Å². The van der Waals surface area contributed by atoms with Crippen LogP contribution in [0.2, 0.25) is 0 Å². The Kier molecular flexibility index (Phi) is 5.43. The van der Waals surface area contributed by atoms with Crippen LogP contribution in [0.3, 0.4) is 0 Å². The summed E-state index contributed by atoms with van der Waals surface area (Å²) in [5.74, 6) is 0.855. The van der Waals surface area contributed by atoms with E-state index in [0.29, 0.717) is 6.42 Å². The van der Waals surface area contributed by atoms with Gasteiger partial charge >= 0.3 is 0 Å². The number of hydrogen-bond acceptors (Lipinski definition) is 2. The van der Waals surface area contributed by atoms with Gasteiger partial charge in [0.2, 0.25) is 5.91 Å². The minimum absolute atomic E-state index is 0.0244. The van der Waals surface area contributed by atoms with E-state index in [0.717, 1.165) is 22.4 Å². The van der Waals surface area contributed by atoms with E-state index in [-0.39, 0.29) is 11.9 Å². The van der Waals surface area contributed by atoms with Crippen molar-refractivity contribution in [3.8, 4) is 0 Å². The Balaban J connectivity index is 1.90. The van der Waals surface area contributed by atoms with Crippen molar-refractivity contribution >= 4 is 16.9 Å². The molecule has 1 aromatic heterocycles. The average Bonchev–Trinajstić information content (AvgIpc) is 3.07. The molecular weight excluding hydrogens is 358 g/mol. The molecule has 0 spiro atoms. The highest BCUT2D eigenvalue weighted by atomic mass is 16.2. The summed E-state index contributed by atoms with van der Waals surface area (Å²) in [6.07, 6.45) is 0.661. The molecule has 0 aliphatic heterocycles. The third-order valence-corrected chi connectivity index (χ3v) is 4.93. The van der Waals surface area contributed by atoms with Gasteiger partial charge in [0.15, 0.2) is 0 Å². The summed E-state index contributed by atoms with van der Waals surface area (Å²) in [5.41, 5.74) is 3.98. The maximum Gasteiger partial charge on any atom is 0.247 e. The minimum atomic E-state index is -0.482. The Morgan fingerprint density at radius 2 is 1.52 bits per heavy atom. The number of nitrogens with zero attached hydrogens (tertiary/aromatic N) is 2. The van der Waals surface area contributed by atoms with E-state index in [1.807, 2.05) is 86.6 Å².